The number of rotatable bonds is 3. The van der Waals surface area contributed by atoms with Crippen molar-refractivity contribution >= 4 is 17.5 Å². The van der Waals surface area contributed by atoms with E-state index in [9.17, 15) is 4.39 Å². The predicted molar refractivity (Wildman–Crippen MR) is 106 cm³/mol. The number of hydrogen-bond acceptors (Lipinski definition) is 6. The fourth-order valence-corrected chi connectivity index (χ4v) is 3.19. The van der Waals surface area contributed by atoms with E-state index in [2.05, 4.69) is 25.2 Å². The zero-order valence-corrected chi connectivity index (χ0v) is 16.0. The lowest BCUT2D eigenvalue weighted by Gasteiger charge is -2.20. The van der Waals surface area contributed by atoms with Gasteiger partial charge in [-0.2, -0.15) is 4.98 Å². The number of halogens is 1. The molecule has 8 heteroatoms. The van der Waals surface area contributed by atoms with E-state index in [1.807, 2.05) is 14.0 Å². The van der Waals surface area contributed by atoms with E-state index in [0.717, 1.165) is 37.3 Å². The highest BCUT2D eigenvalue weighted by Crippen LogP contribution is 2.28. The molecular formula is C20H23FN6O. The number of aromatic nitrogens is 4. The first-order chi connectivity index (χ1) is 13.6. The lowest BCUT2D eigenvalue weighted by Crippen LogP contribution is -2.20. The third-order valence-electron chi connectivity index (χ3n) is 4.69. The number of benzene rings is 1. The molecule has 4 rings (SSSR count). The molecule has 3 heterocycles. The zero-order valence-electron chi connectivity index (χ0n) is 16.0. The Morgan fingerprint density at radius 3 is 2.86 bits per heavy atom. The van der Waals surface area contributed by atoms with Crippen LogP contribution in [0.2, 0.25) is 0 Å². The van der Waals surface area contributed by atoms with Gasteiger partial charge in [0.15, 0.2) is 11.6 Å². The van der Waals surface area contributed by atoms with Gasteiger partial charge in [-0.15, -0.1) is 0 Å². The molecular weight excluding hydrogens is 359 g/mol. The maximum absolute atomic E-state index is 14.6. The third kappa shape index (κ3) is 3.90. The number of anilines is 3. The van der Waals surface area contributed by atoms with Crippen LogP contribution < -0.4 is 15.0 Å². The van der Waals surface area contributed by atoms with Crippen LogP contribution in [0.15, 0.2) is 36.9 Å². The summed E-state index contributed by atoms with van der Waals surface area (Å²) in [7, 11) is 1.99. The minimum atomic E-state index is -0.356. The third-order valence-corrected chi connectivity index (χ3v) is 4.69. The van der Waals surface area contributed by atoms with Crippen LogP contribution in [0.1, 0.15) is 25.0 Å². The highest BCUT2D eigenvalue weighted by atomic mass is 19.1. The monoisotopic (exact) mass is 382 g/mol. The molecule has 146 valence electrons. The van der Waals surface area contributed by atoms with Crippen LogP contribution in [-0.2, 0) is 0 Å². The van der Waals surface area contributed by atoms with Crippen LogP contribution in [-0.4, -0.2) is 39.7 Å². The average molecular weight is 382 g/mol. The topological polar surface area (TPSA) is 68.1 Å². The van der Waals surface area contributed by atoms with E-state index in [-0.39, 0.29) is 5.82 Å². The Morgan fingerprint density at radius 1 is 1.18 bits per heavy atom. The highest BCUT2D eigenvalue weighted by Gasteiger charge is 2.15. The molecule has 0 saturated heterocycles. The van der Waals surface area contributed by atoms with Gasteiger partial charge in [-0.05, 0) is 44.4 Å². The zero-order chi connectivity index (χ0) is 19.5. The Labute approximate surface area is 163 Å². The van der Waals surface area contributed by atoms with Gasteiger partial charge in [0, 0.05) is 25.5 Å². The van der Waals surface area contributed by atoms with Crippen LogP contribution in [0.4, 0.5) is 21.8 Å². The maximum atomic E-state index is 14.6. The average Bonchev–Trinajstić information content (AvgIpc) is 3.13. The summed E-state index contributed by atoms with van der Waals surface area (Å²) in [5.74, 6) is 1.46. The minimum absolute atomic E-state index is 0.356. The molecule has 0 atom stereocenters. The van der Waals surface area contributed by atoms with E-state index in [1.165, 1.54) is 6.07 Å². The normalized spacial score (nSPS) is 14.5. The standard InChI is InChI=1S/C20H23FN6O/c1-14-12-27(13-23-14)17-7-6-15(10-16(17)21)24-20-22-11-18-19(25-20)26(2)8-4-3-5-9-28-18/h6-7,10-13H,3-5,8-9H2,1-2H3,(H,22,24,25). The quantitative estimate of drug-likeness (QED) is 0.742. The molecule has 0 aliphatic carbocycles. The fourth-order valence-electron chi connectivity index (χ4n) is 3.19. The number of imidazole rings is 1. The van der Waals surface area contributed by atoms with Crippen molar-refractivity contribution in [2.24, 2.45) is 0 Å². The van der Waals surface area contributed by atoms with Crippen LogP contribution in [0, 0.1) is 12.7 Å². The van der Waals surface area contributed by atoms with Crippen LogP contribution in [0.3, 0.4) is 0 Å². The Bertz CT molecular complexity index is 973. The lowest BCUT2D eigenvalue weighted by atomic mass is 10.2. The molecule has 2 aromatic heterocycles. The molecule has 0 bridgehead atoms. The number of nitrogens with one attached hydrogen (secondary N) is 1. The first kappa shape index (κ1) is 18.2. The van der Waals surface area contributed by atoms with Crippen molar-refractivity contribution in [3.63, 3.8) is 0 Å². The summed E-state index contributed by atoms with van der Waals surface area (Å²) >= 11 is 0. The van der Waals surface area contributed by atoms with Gasteiger partial charge in [-0.1, -0.05) is 0 Å². The molecule has 0 saturated carbocycles. The molecule has 0 radical (unpaired) electrons. The molecule has 1 aromatic carbocycles. The summed E-state index contributed by atoms with van der Waals surface area (Å²) in [6, 6.07) is 4.92. The van der Waals surface area contributed by atoms with Crippen LogP contribution in [0.5, 0.6) is 5.75 Å². The van der Waals surface area contributed by atoms with Gasteiger partial charge in [0.05, 0.1) is 30.5 Å². The van der Waals surface area contributed by atoms with Crippen molar-refractivity contribution in [3.05, 3.63) is 48.4 Å². The van der Waals surface area contributed by atoms with Gasteiger partial charge in [-0.3, -0.25) is 0 Å². The molecule has 7 nitrogen and oxygen atoms in total. The van der Waals surface area contributed by atoms with Gasteiger partial charge in [0.25, 0.3) is 0 Å². The molecule has 1 N–H and O–H groups in total. The number of ether oxygens (including phenoxy) is 1. The molecule has 3 aromatic rings. The van der Waals surface area contributed by atoms with Crippen molar-refractivity contribution in [2.45, 2.75) is 26.2 Å². The molecule has 0 amide bonds. The van der Waals surface area contributed by atoms with Crippen molar-refractivity contribution in [1.29, 1.82) is 0 Å². The van der Waals surface area contributed by atoms with E-state index >= 15 is 0 Å². The second-order valence-electron chi connectivity index (χ2n) is 6.93. The fraction of sp³-hybridized carbons (Fsp3) is 0.350. The molecule has 0 spiro atoms. The van der Waals surface area contributed by atoms with Crippen molar-refractivity contribution in [2.75, 3.05) is 30.4 Å². The highest BCUT2D eigenvalue weighted by molar-refractivity contribution is 5.60. The van der Waals surface area contributed by atoms with Crippen molar-refractivity contribution in [3.8, 4) is 11.4 Å². The number of hydrogen-bond donors (Lipinski definition) is 1. The van der Waals surface area contributed by atoms with E-state index in [0.29, 0.717) is 29.7 Å². The van der Waals surface area contributed by atoms with Crippen LogP contribution >= 0.6 is 0 Å². The van der Waals surface area contributed by atoms with Crippen molar-refractivity contribution in [1.82, 2.24) is 19.5 Å². The largest absolute Gasteiger partial charge is 0.488 e. The summed E-state index contributed by atoms with van der Waals surface area (Å²) in [6.07, 6.45) is 8.28. The second kappa shape index (κ2) is 7.84. The first-order valence-electron chi connectivity index (χ1n) is 9.39. The Kier molecular flexibility index (Phi) is 5.10. The number of fused-ring (bicyclic) bond motifs is 1. The lowest BCUT2D eigenvalue weighted by molar-refractivity contribution is 0.307. The Balaban J connectivity index is 1.57. The molecule has 28 heavy (non-hydrogen) atoms. The smallest absolute Gasteiger partial charge is 0.229 e. The summed E-state index contributed by atoms with van der Waals surface area (Å²) in [4.78, 5) is 15.1. The molecule has 1 aliphatic heterocycles. The van der Waals surface area contributed by atoms with Gasteiger partial charge in [-0.25, -0.2) is 14.4 Å². The van der Waals surface area contributed by atoms with E-state index in [1.54, 1.807) is 35.4 Å². The summed E-state index contributed by atoms with van der Waals surface area (Å²) < 4.78 is 22.0. The maximum Gasteiger partial charge on any atom is 0.229 e. The summed E-state index contributed by atoms with van der Waals surface area (Å²) in [6.45, 7) is 3.43. The predicted octanol–water partition coefficient (Wildman–Crippen LogP) is 3.85. The number of nitrogens with zero attached hydrogens (tertiary/aromatic N) is 5. The molecule has 1 aliphatic rings. The van der Waals surface area contributed by atoms with Crippen LogP contribution in [0.25, 0.3) is 5.69 Å². The second-order valence-corrected chi connectivity index (χ2v) is 6.93. The van der Waals surface area contributed by atoms with Gasteiger partial charge >= 0.3 is 0 Å². The minimum Gasteiger partial charge on any atom is -0.488 e. The summed E-state index contributed by atoms with van der Waals surface area (Å²) in [5.41, 5.74) is 1.84. The van der Waals surface area contributed by atoms with Gasteiger partial charge in [0.1, 0.15) is 5.82 Å². The summed E-state index contributed by atoms with van der Waals surface area (Å²) in [5, 5.41) is 3.08. The van der Waals surface area contributed by atoms with Crippen molar-refractivity contribution < 1.29 is 9.13 Å². The van der Waals surface area contributed by atoms with Gasteiger partial charge < -0.3 is 19.5 Å². The Hall–Kier alpha value is -3.16. The SMILES string of the molecule is Cc1cn(-c2ccc(Nc3ncc4c(n3)N(C)CCCCCO4)cc2F)cn1. The molecule has 0 unspecified atom stereocenters. The van der Waals surface area contributed by atoms with E-state index < -0.39 is 0 Å². The number of aryl methyl sites for hydroxylation is 1. The van der Waals surface area contributed by atoms with Gasteiger partial charge in [0.2, 0.25) is 5.95 Å². The first-order valence-corrected chi connectivity index (χ1v) is 9.39. The van der Waals surface area contributed by atoms with E-state index in [4.69, 9.17) is 4.74 Å². The Morgan fingerprint density at radius 2 is 2.07 bits per heavy atom. The molecule has 0 fully saturated rings.